The number of ether oxygens (including phenoxy) is 2. The van der Waals surface area contributed by atoms with Crippen molar-refractivity contribution in [2.45, 2.75) is 38.2 Å². The summed E-state index contributed by atoms with van der Waals surface area (Å²) in [6.45, 7) is 3.11. The summed E-state index contributed by atoms with van der Waals surface area (Å²) in [7, 11) is 0. The van der Waals surface area contributed by atoms with E-state index in [-0.39, 0.29) is 24.3 Å². The highest BCUT2D eigenvalue weighted by atomic mass is 19.1. The second kappa shape index (κ2) is 8.21. The predicted molar refractivity (Wildman–Crippen MR) is 107 cm³/mol. The van der Waals surface area contributed by atoms with Gasteiger partial charge >= 0.3 is 0 Å². The maximum absolute atomic E-state index is 13.5. The number of benzene rings is 2. The monoisotopic (exact) mass is 398 g/mol. The van der Waals surface area contributed by atoms with E-state index in [1.807, 2.05) is 19.1 Å². The van der Waals surface area contributed by atoms with E-state index in [1.54, 1.807) is 12.1 Å². The Morgan fingerprint density at radius 2 is 2.17 bits per heavy atom. The zero-order chi connectivity index (χ0) is 20.4. The van der Waals surface area contributed by atoms with Gasteiger partial charge in [0.05, 0.1) is 17.7 Å². The van der Waals surface area contributed by atoms with Gasteiger partial charge in [0.2, 0.25) is 11.8 Å². The molecular formula is C22H23FN2O4. The molecule has 0 saturated carbocycles. The fraction of sp³-hybridized carbons (Fsp3) is 0.364. The van der Waals surface area contributed by atoms with Crippen LogP contribution in [0.4, 0.5) is 15.8 Å². The van der Waals surface area contributed by atoms with E-state index >= 15 is 0 Å². The number of nitrogens with one attached hydrogen (secondary N) is 2. The Hall–Kier alpha value is -2.93. The molecule has 7 heteroatoms. The molecule has 2 heterocycles. The molecule has 2 atom stereocenters. The standard InChI is InChI=1S/C22H23FN2O4/c1-13-4-7-18(20(9-13)29-12-15-3-2-8-28-15)25-22(27)17-11-21(26)24-19-10-14(23)5-6-16(17)19/h4-7,9-10,15,17H,2-3,8,11-12H2,1H3,(H,24,26)(H,25,27). The van der Waals surface area contributed by atoms with Crippen LogP contribution < -0.4 is 15.4 Å². The Kier molecular flexibility index (Phi) is 5.49. The second-order valence-electron chi connectivity index (χ2n) is 7.47. The van der Waals surface area contributed by atoms with E-state index < -0.39 is 11.7 Å². The van der Waals surface area contributed by atoms with E-state index in [0.29, 0.717) is 29.3 Å². The van der Waals surface area contributed by atoms with Gasteiger partial charge in [-0.2, -0.15) is 0 Å². The molecule has 0 spiro atoms. The molecule has 2 amide bonds. The minimum atomic E-state index is -0.702. The average molecular weight is 398 g/mol. The van der Waals surface area contributed by atoms with Gasteiger partial charge in [-0.1, -0.05) is 12.1 Å². The van der Waals surface area contributed by atoms with Crippen LogP contribution in [0.2, 0.25) is 0 Å². The normalized spacial score (nSPS) is 20.7. The van der Waals surface area contributed by atoms with Crippen LogP contribution >= 0.6 is 0 Å². The summed E-state index contributed by atoms with van der Waals surface area (Å²) in [6, 6.07) is 9.59. The Morgan fingerprint density at radius 1 is 1.31 bits per heavy atom. The van der Waals surface area contributed by atoms with Gasteiger partial charge in [0.1, 0.15) is 18.2 Å². The predicted octanol–water partition coefficient (Wildman–Crippen LogP) is 3.76. The van der Waals surface area contributed by atoms with Gasteiger partial charge in [-0.25, -0.2) is 4.39 Å². The van der Waals surface area contributed by atoms with Crippen molar-refractivity contribution in [2.75, 3.05) is 23.8 Å². The second-order valence-corrected chi connectivity index (χ2v) is 7.47. The quantitative estimate of drug-likeness (QED) is 0.804. The Morgan fingerprint density at radius 3 is 2.97 bits per heavy atom. The molecule has 2 aliphatic rings. The van der Waals surface area contributed by atoms with E-state index in [9.17, 15) is 14.0 Å². The lowest BCUT2D eigenvalue weighted by atomic mass is 9.89. The summed E-state index contributed by atoms with van der Waals surface area (Å²) < 4.78 is 25.0. The first-order valence-corrected chi connectivity index (χ1v) is 9.75. The molecule has 152 valence electrons. The maximum Gasteiger partial charge on any atom is 0.232 e. The molecule has 0 radical (unpaired) electrons. The van der Waals surface area contributed by atoms with Gasteiger partial charge < -0.3 is 20.1 Å². The number of anilines is 2. The Labute approximate surface area is 168 Å². The fourth-order valence-corrected chi connectivity index (χ4v) is 3.70. The molecular weight excluding hydrogens is 375 g/mol. The molecule has 2 aromatic rings. The smallest absolute Gasteiger partial charge is 0.232 e. The first-order chi connectivity index (χ1) is 14.0. The highest BCUT2D eigenvalue weighted by Crippen LogP contribution is 2.35. The third-order valence-corrected chi connectivity index (χ3v) is 5.21. The summed E-state index contributed by atoms with van der Waals surface area (Å²) in [5, 5.41) is 5.50. The molecule has 29 heavy (non-hydrogen) atoms. The van der Waals surface area contributed by atoms with E-state index in [0.717, 1.165) is 25.0 Å². The van der Waals surface area contributed by atoms with Crippen LogP contribution in [0.25, 0.3) is 0 Å². The number of rotatable bonds is 5. The summed E-state index contributed by atoms with van der Waals surface area (Å²) >= 11 is 0. The van der Waals surface area contributed by atoms with Gasteiger partial charge in [0.25, 0.3) is 0 Å². The lowest BCUT2D eigenvalue weighted by Gasteiger charge is -2.25. The van der Waals surface area contributed by atoms with Crippen molar-refractivity contribution in [3.8, 4) is 5.75 Å². The minimum Gasteiger partial charge on any atom is -0.489 e. The van der Waals surface area contributed by atoms with Crippen LogP contribution in [0, 0.1) is 12.7 Å². The lowest BCUT2D eigenvalue weighted by Crippen LogP contribution is -2.31. The van der Waals surface area contributed by atoms with Gasteiger partial charge in [0.15, 0.2) is 0 Å². The van der Waals surface area contributed by atoms with Gasteiger partial charge in [-0.15, -0.1) is 0 Å². The number of aryl methyl sites for hydroxylation is 1. The molecule has 0 bridgehead atoms. The Bertz CT molecular complexity index is 940. The highest BCUT2D eigenvalue weighted by Gasteiger charge is 2.31. The third kappa shape index (κ3) is 4.40. The van der Waals surface area contributed by atoms with Crippen molar-refractivity contribution >= 4 is 23.2 Å². The fourth-order valence-electron chi connectivity index (χ4n) is 3.70. The number of fused-ring (bicyclic) bond motifs is 1. The highest BCUT2D eigenvalue weighted by molar-refractivity contribution is 6.05. The molecule has 1 fully saturated rings. The topological polar surface area (TPSA) is 76.7 Å². The summed E-state index contributed by atoms with van der Waals surface area (Å²) in [5.74, 6) is -1.26. The van der Waals surface area contributed by atoms with Crippen molar-refractivity contribution in [1.29, 1.82) is 0 Å². The van der Waals surface area contributed by atoms with Gasteiger partial charge in [0, 0.05) is 18.7 Å². The minimum absolute atomic E-state index is 0.00241. The van der Waals surface area contributed by atoms with Crippen molar-refractivity contribution in [1.82, 2.24) is 0 Å². The molecule has 2 N–H and O–H groups in total. The van der Waals surface area contributed by atoms with Crippen LogP contribution in [0.5, 0.6) is 5.75 Å². The van der Waals surface area contributed by atoms with E-state index in [4.69, 9.17) is 9.47 Å². The van der Waals surface area contributed by atoms with E-state index in [1.165, 1.54) is 12.1 Å². The summed E-state index contributed by atoms with van der Waals surface area (Å²) in [6.07, 6.45) is 2.04. The number of carbonyl (C=O) groups is 2. The molecule has 6 nitrogen and oxygen atoms in total. The van der Waals surface area contributed by atoms with Crippen LogP contribution in [0.3, 0.4) is 0 Å². The van der Waals surface area contributed by atoms with Crippen molar-refractivity contribution in [3.63, 3.8) is 0 Å². The van der Waals surface area contributed by atoms with Crippen molar-refractivity contribution < 1.29 is 23.5 Å². The molecule has 2 unspecified atom stereocenters. The van der Waals surface area contributed by atoms with Crippen molar-refractivity contribution in [2.24, 2.45) is 0 Å². The molecule has 0 aromatic heterocycles. The number of halogens is 1. The number of hydrogen-bond acceptors (Lipinski definition) is 4. The molecule has 1 saturated heterocycles. The zero-order valence-electron chi connectivity index (χ0n) is 16.2. The van der Waals surface area contributed by atoms with E-state index in [2.05, 4.69) is 10.6 Å². The number of hydrogen-bond donors (Lipinski definition) is 2. The van der Waals surface area contributed by atoms with Crippen LogP contribution in [0.15, 0.2) is 36.4 Å². The number of carbonyl (C=O) groups excluding carboxylic acids is 2. The molecule has 4 rings (SSSR count). The largest absolute Gasteiger partial charge is 0.489 e. The average Bonchev–Trinajstić information content (AvgIpc) is 3.20. The van der Waals surface area contributed by atoms with Crippen LogP contribution in [0.1, 0.15) is 36.3 Å². The summed E-state index contributed by atoms with van der Waals surface area (Å²) in [4.78, 5) is 25.0. The summed E-state index contributed by atoms with van der Waals surface area (Å²) in [5.41, 5.74) is 2.47. The zero-order valence-corrected chi connectivity index (χ0v) is 16.2. The third-order valence-electron chi connectivity index (χ3n) is 5.21. The molecule has 2 aliphatic heterocycles. The first-order valence-electron chi connectivity index (χ1n) is 9.75. The maximum atomic E-state index is 13.5. The Balaban J connectivity index is 1.53. The SMILES string of the molecule is Cc1ccc(NC(=O)C2CC(=O)Nc3cc(F)ccc32)c(OCC2CCCO2)c1. The number of amides is 2. The van der Waals surface area contributed by atoms with Crippen molar-refractivity contribution in [3.05, 3.63) is 53.3 Å². The van der Waals surface area contributed by atoms with Gasteiger partial charge in [-0.05, 0) is 55.2 Å². The van der Waals surface area contributed by atoms with Crippen LogP contribution in [-0.4, -0.2) is 31.1 Å². The molecule has 2 aromatic carbocycles. The lowest BCUT2D eigenvalue weighted by molar-refractivity contribution is -0.123. The molecule has 0 aliphatic carbocycles. The first kappa shape index (κ1) is 19.4. The van der Waals surface area contributed by atoms with Gasteiger partial charge in [-0.3, -0.25) is 9.59 Å². The van der Waals surface area contributed by atoms with Crippen LogP contribution in [-0.2, 0) is 14.3 Å².